The molecule has 0 spiro atoms. The molecule has 1 aromatic rings. The number of hydrogen-bond acceptors (Lipinski definition) is 3. The van der Waals surface area contributed by atoms with E-state index in [9.17, 15) is 23.1 Å². The predicted molar refractivity (Wildman–Crippen MR) is 54.5 cm³/mol. The molecule has 4 nitrogen and oxygen atoms in total. The van der Waals surface area contributed by atoms with E-state index < -0.39 is 12.1 Å². The van der Waals surface area contributed by atoms with Gasteiger partial charge in [-0.2, -0.15) is 18.3 Å². The molecule has 1 rings (SSSR count). The third kappa shape index (κ3) is 3.47. The summed E-state index contributed by atoms with van der Waals surface area (Å²) in [5, 5.41) is 12.6. The predicted octanol–water partition coefficient (Wildman–Crippen LogP) is 1.79. The van der Waals surface area contributed by atoms with Gasteiger partial charge in [-0.3, -0.25) is 4.79 Å². The number of benzene rings is 1. The van der Waals surface area contributed by atoms with Crippen molar-refractivity contribution in [3.8, 4) is 5.75 Å². The SMILES string of the molecule is C/C(=N/NC(=O)C(F)(F)F)c1ccccc1O. The number of hydrogen-bond donors (Lipinski definition) is 2. The molecule has 0 heterocycles. The van der Waals surface area contributed by atoms with Crippen LogP contribution in [-0.4, -0.2) is 22.9 Å². The first-order valence-corrected chi connectivity index (χ1v) is 4.52. The maximum absolute atomic E-state index is 11.9. The number of phenolic OH excluding ortho intramolecular Hbond substituents is 1. The van der Waals surface area contributed by atoms with Crippen LogP contribution in [0.3, 0.4) is 0 Å². The zero-order valence-corrected chi connectivity index (χ0v) is 8.75. The van der Waals surface area contributed by atoms with Crippen molar-refractivity contribution < 1.29 is 23.1 Å². The van der Waals surface area contributed by atoms with Gasteiger partial charge in [-0.25, -0.2) is 5.43 Å². The van der Waals surface area contributed by atoms with Crippen LogP contribution in [0.2, 0.25) is 0 Å². The molecule has 0 aliphatic carbocycles. The molecule has 0 aliphatic heterocycles. The van der Waals surface area contributed by atoms with Crippen LogP contribution in [0.25, 0.3) is 0 Å². The van der Waals surface area contributed by atoms with E-state index in [0.717, 1.165) is 0 Å². The topological polar surface area (TPSA) is 61.7 Å². The highest BCUT2D eigenvalue weighted by Crippen LogP contribution is 2.17. The second-order valence-electron chi connectivity index (χ2n) is 3.15. The van der Waals surface area contributed by atoms with Crippen molar-refractivity contribution in [2.75, 3.05) is 0 Å². The Hall–Kier alpha value is -2.05. The highest BCUT2D eigenvalue weighted by atomic mass is 19.4. The van der Waals surface area contributed by atoms with E-state index in [-0.39, 0.29) is 17.0 Å². The summed E-state index contributed by atoms with van der Waals surface area (Å²) in [6.45, 7) is 1.37. The van der Waals surface area contributed by atoms with E-state index in [1.54, 1.807) is 12.1 Å². The Morgan fingerprint density at radius 3 is 2.47 bits per heavy atom. The molecule has 7 heteroatoms. The Balaban J connectivity index is 2.82. The average Bonchev–Trinajstić information content (AvgIpc) is 2.24. The van der Waals surface area contributed by atoms with Crippen LogP contribution >= 0.6 is 0 Å². The summed E-state index contributed by atoms with van der Waals surface area (Å²) < 4.78 is 35.6. The summed E-state index contributed by atoms with van der Waals surface area (Å²) >= 11 is 0. The molecule has 0 saturated carbocycles. The molecule has 0 aromatic heterocycles. The minimum atomic E-state index is -4.98. The Morgan fingerprint density at radius 2 is 1.94 bits per heavy atom. The van der Waals surface area contributed by atoms with Crippen molar-refractivity contribution in [3.63, 3.8) is 0 Å². The lowest BCUT2D eigenvalue weighted by atomic mass is 10.1. The molecule has 0 saturated heterocycles. The highest BCUT2D eigenvalue weighted by Gasteiger charge is 2.38. The van der Waals surface area contributed by atoms with E-state index in [1.165, 1.54) is 24.5 Å². The Kier molecular flexibility index (Phi) is 3.72. The van der Waals surface area contributed by atoms with E-state index >= 15 is 0 Å². The second kappa shape index (κ2) is 4.86. The normalized spacial score (nSPS) is 12.4. The first-order valence-electron chi connectivity index (χ1n) is 4.52. The van der Waals surface area contributed by atoms with Crippen LogP contribution in [-0.2, 0) is 4.79 Å². The fourth-order valence-electron chi connectivity index (χ4n) is 1.04. The van der Waals surface area contributed by atoms with Crippen LogP contribution in [0, 0.1) is 0 Å². The molecule has 0 bridgehead atoms. The van der Waals surface area contributed by atoms with Gasteiger partial charge in [0.1, 0.15) is 5.75 Å². The number of phenols is 1. The van der Waals surface area contributed by atoms with Crippen molar-refractivity contribution in [2.45, 2.75) is 13.1 Å². The van der Waals surface area contributed by atoms with Gasteiger partial charge in [0.25, 0.3) is 0 Å². The summed E-state index contributed by atoms with van der Waals surface area (Å²) in [6.07, 6.45) is -4.98. The number of rotatable bonds is 2. The quantitative estimate of drug-likeness (QED) is 0.617. The summed E-state index contributed by atoms with van der Waals surface area (Å²) in [4.78, 5) is 10.5. The lowest BCUT2D eigenvalue weighted by molar-refractivity contribution is -0.173. The average molecular weight is 246 g/mol. The standard InChI is InChI=1S/C10H9F3N2O2/c1-6(7-4-2-3-5-8(7)16)14-15-9(17)10(11,12)13/h2-5,16H,1H3,(H,15,17)/b14-6-. The Morgan fingerprint density at radius 1 is 1.35 bits per heavy atom. The summed E-state index contributed by atoms with van der Waals surface area (Å²) in [5.41, 5.74) is 1.68. The number of hydrazone groups is 1. The van der Waals surface area contributed by atoms with Crippen LogP contribution in [0.5, 0.6) is 5.75 Å². The number of amides is 1. The zero-order valence-electron chi connectivity index (χ0n) is 8.75. The minimum absolute atomic E-state index is 0.0701. The Labute approximate surface area is 94.8 Å². The number of carbonyl (C=O) groups excluding carboxylic acids is 1. The summed E-state index contributed by atoms with van der Waals surface area (Å²) in [7, 11) is 0. The smallest absolute Gasteiger partial charge is 0.473 e. The van der Waals surface area contributed by atoms with E-state index in [0.29, 0.717) is 0 Å². The zero-order chi connectivity index (χ0) is 13.1. The summed E-state index contributed by atoms with van der Waals surface area (Å²) in [6, 6.07) is 5.97. The summed E-state index contributed by atoms with van der Waals surface area (Å²) in [5.74, 6) is -2.29. The van der Waals surface area contributed by atoms with Gasteiger partial charge >= 0.3 is 12.1 Å². The number of halogens is 3. The monoisotopic (exact) mass is 246 g/mol. The number of alkyl halides is 3. The van der Waals surface area contributed by atoms with E-state index in [1.807, 2.05) is 0 Å². The molecule has 0 unspecified atom stereocenters. The molecule has 2 N–H and O–H groups in total. The molecule has 0 radical (unpaired) electrons. The highest BCUT2D eigenvalue weighted by molar-refractivity contribution is 6.01. The molecule has 0 aliphatic rings. The fraction of sp³-hybridized carbons (Fsp3) is 0.200. The van der Waals surface area contributed by atoms with Crippen molar-refractivity contribution in [1.29, 1.82) is 0 Å². The fourth-order valence-corrected chi connectivity index (χ4v) is 1.04. The number of nitrogens with zero attached hydrogens (tertiary/aromatic N) is 1. The lowest BCUT2D eigenvalue weighted by Crippen LogP contribution is -2.34. The van der Waals surface area contributed by atoms with Gasteiger partial charge < -0.3 is 5.11 Å². The molecule has 0 atom stereocenters. The molecule has 1 amide bonds. The van der Waals surface area contributed by atoms with Gasteiger partial charge in [-0.15, -0.1) is 0 Å². The van der Waals surface area contributed by atoms with E-state index in [2.05, 4.69) is 5.10 Å². The molecular weight excluding hydrogens is 237 g/mol. The van der Waals surface area contributed by atoms with Crippen molar-refractivity contribution in [1.82, 2.24) is 5.43 Å². The van der Waals surface area contributed by atoms with Crippen LogP contribution < -0.4 is 5.43 Å². The molecule has 17 heavy (non-hydrogen) atoms. The van der Waals surface area contributed by atoms with Crippen molar-refractivity contribution in [2.24, 2.45) is 5.10 Å². The van der Waals surface area contributed by atoms with E-state index in [4.69, 9.17) is 0 Å². The van der Waals surface area contributed by atoms with Gasteiger partial charge in [0.15, 0.2) is 0 Å². The number of aromatic hydroxyl groups is 1. The number of carbonyl (C=O) groups is 1. The molecule has 0 fully saturated rings. The van der Waals surface area contributed by atoms with Gasteiger partial charge in [-0.1, -0.05) is 12.1 Å². The van der Waals surface area contributed by atoms with Crippen molar-refractivity contribution >= 4 is 11.6 Å². The lowest BCUT2D eigenvalue weighted by Gasteiger charge is -2.06. The Bertz CT molecular complexity index is 455. The second-order valence-corrected chi connectivity index (χ2v) is 3.15. The molecular formula is C10H9F3N2O2. The van der Waals surface area contributed by atoms with Crippen molar-refractivity contribution in [3.05, 3.63) is 29.8 Å². The van der Waals surface area contributed by atoms with Gasteiger partial charge in [0.05, 0.1) is 5.71 Å². The van der Waals surface area contributed by atoms with Crippen LogP contribution in [0.15, 0.2) is 29.4 Å². The largest absolute Gasteiger partial charge is 0.507 e. The van der Waals surface area contributed by atoms with Crippen LogP contribution in [0.1, 0.15) is 12.5 Å². The molecule has 92 valence electrons. The molecule has 1 aromatic carbocycles. The first kappa shape index (κ1) is 13.0. The minimum Gasteiger partial charge on any atom is -0.507 e. The number of nitrogens with one attached hydrogen (secondary N) is 1. The van der Waals surface area contributed by atoms with Gasteiger partial charge in [0, 0.05) is 5.56 Å². The maximum Gasteiger partial charge on any atom is 0.473 e. The number of para-hydroxylation sites is 1. The first-order chi connectivity index (χ1) is 7.82. The third-order valence-corrected chi connectivity index (χ3v) is 1.88. The maximum atomic E-state index is 11.9. The van der Waals surface area contributed by atoms with Gasteiger partial charge in [-0.05, 0) is 19.1 Å². The third-order valence-electron chi connectivity index (χ3n) is 1.88. The van der Waals surface area contributed by atoms with Crippen LogP contribution in [0.4, 0.5) is 13.2 Å². The van der Waals surface area contributed by atoms with Gasteiger partial charge in [0.2, 0.25) is 0 Å².